The third-order valence-electron chi connectivity index (χ3n) is 6.07. The van der Waals surface area contributed by atoms with Crippen LogP contribution in [0.1, 0.15) is 17.2 Å². The number of carbonyl (C=O) groups excluding carboxylic acids is 2. The van der Waals surface area contributed by atoms with E-state index in [4.69, 9.17) is 4.74 Å². The van der Waals surface area contributed by atoms with Gasteiger partial charge in [-0.25, -0.2) is 9.18 Å². The Hall–Kier alpha value is -4.39. The number of hydrogen-bond acceptors (Lipinski definition) is 3. The number of nitrogens with one attached hydrogen (secondary N) is 1. The number of carbonyl (C=O) groups is 2. The molecule has 7 heteroatoms. The molecule has 0 spiro atoms. The van der Waals surface area contributed by atoms with E-state index < -0.39 is 6.04 Å². The highest BCUT2D eigenvalue weighted by atomic mass is 19.1. The number of nitrogens with zero attached hydrogens (tertiary/aromatic N) is 2. The molecule has 1 atom stereocenters. The maximum Gasteiger partial charge on any atom is 0.322 e. The number of ether oxygens (including phenoxy) is 1. The minimum Gasteiger partial charge on any atom is -0.457 e. The van der Waals surface area contributed by atoms with Gasteiger partial charge in [-0.05, 0) is 47.5 Å². The van der Waals surface area contributed by atoms with Crippen LogP contribution in [0.4, 0.5) is 9.18 Å². The van der Waals surface area contributed by atoms with Crippen LogP contribution in [0.5, 0.6) is 11.5 Å². The molecule has 0 aliphatic carbocycles. The molecule has 0 bridgehead atoms. The summed E-state index contributed by atoms with van der Waals surface area (Å²) < 4.78 is 19.3. The van der Waals surface area contributed by atoms with Gasteiger partial charge < -0.3 is 15.0 Å². The van der Waals surface area contributed by atoms with Crippen LogP contribution in [0.15, 0.2) is 103 Å². The normalized spacial score (nSPS) is 17.3. The molecule has 6 nitrogen and oxygen atoms in total. The standard InChI is InChI=1S/C28H24FN3O3/c1-2-15-32-24-18-31(17-19-11-13-21(29)14-12-19)27(33)25(24)26(30-28(32)34)20-7-6-10-23(16-20)35-22-8-4-3-5-9-22/h2-14,16,26H,1,15,17-18H2,(H,30,34)/t26-/m0/s1. The predicted octanol–water partition coefficient (Wildman–Crippen LogP) is 5.17. The Morgan fingerprint density at radius 2 is 1.74 bits per heavy atom. The molecule has 0 fully saturated rings. The minimum atomic E-state index is -0.622. The van der Waals surface area contributed by atoms with Crippen molar-refractivity contribution in [1.82, 2.24) is 15.1 Å². The van der Waals surface area contributed by atoms with Crippen LogP contribution in [0.3, 0.4) is 0 Å². The number of halogens is 1. The Balaban J connectivity index is 1.47. The van der Waals surface area contributed by atoms with Crippen molar-refractivity contribution >= 4 is 11.9 Å². The second-order valence-electron chi connectivity index (χ2n) is 8.42. The van der Waals surface area contributed by atoms with Crippen molar-refractivity contribution in [3.8, 4) is 11.5 Å². The molecule has 35 heavy (non-hydrogen) atoms. The number of rotatable bonds is 7. The van der Waals surface area contributed by atoms with Gasteiger partial charge in [-0.15, -0.1) is 6.58 Å². The molecular weight excluding hydrogens is 445 g/mol. The molecule has 0 saturated carbocycles. The zero-order valence-electron chi connectivity index (χ0n) is 19.0. The Bertz CT molecular complexity index is 1300. The third kappa shape index (κ3) is 4.53. The summed E-state index contributed by atoms with van der Waals surface area (Å²) in [6.45, 7) is 4.63. The van der Waals surface area contributed by atoms with E-state index >= 15 is 0 Å². The molecule has 176 valence electrons. The lowest BCUT2D eigenvalue weighted by Crippen LogP contribution is -2.47. The summed E-state index contributed by atoms with van der Waals surface area (Å²) in [4.78, 5) is 29.8. The first-order valence-electron chi connectivity index (χ1n) is 11.3. The first-order valence-corrected chi connectivity index (χ1v) is 11.3. The molecule has 2 aliphatic rings. The Morgan fingerprint density at radius 1 is 1.00 bits per heavy atom. The molecule has 0 aromatic heterocycles. The monoisotopic (exact) mass is 469 g/mol. The molecule has 2 heterocycles. The van der Waals surface area contributed by atoms with Crippen molar-refractivity contribution in [2.75, 3.05) is 13.1 Å². The molecule has 2 aliphatic heterocycles. The number of benzene rings is 3. The quantitative estimate of drug-likeness (QED) is 0.486. The lowest BCUT2D eigenvalue weighted by Gasteiger charge is -2.33. The van der Waals surface area contributed by atoms with Gasteiger partial charge in [0.05, 0.1) is 23.9 Å². The van der Waals surface area contributed by atoms with Gasteiger partial charge in [-0.1, -0.05) is 48.5 Å². The van der Waals surface area contributed by atoms with Gasteiger partial charge in [0.2, 0.25) is 0 Å². The van der Waals surface area contributed by atoms with Gasteiger partial charge >= 0.3 is 6.03 Å². The predicted molar refractivity (Wildman–Crippen MR) is 130 cm³/mol. The lowest BCUT2D eigenvalue weighted by molar-refractivity contribution is -0.126. The van der Waals surface area contributed by atoms with E-state index in [1.54, 1.807) is 28.0 Å². The summed E-state index contributed by atoms with van der Waals surface area (Å²) in [6, 6.07) is 21.9. The summed E-state index contributed by atoms with van der Waals surface area (Å²) in [7, 11) is 0. The number of para-hydroxylation sites is 1. The van der Waals surface area contributed by atoms with Crippen molar-refractivity contribution in [2.45, 2.75) is 12.6 Å². The third-order valence-corrected chi connectivity index (χ3v) is 6.07. The van der Waals surface area contributed by atoms with Crippen LogP contribution in [-0.4, -0.2) is 34.8 Å². The largest absolute Gasteiger partial charge is 0.457 e. The van der Waals surface area contributed by atoms with Crippen LogP contribution in [0, 0.1) is 5.82 Å². The van der Waals surface area contributed by atoms with Gasteiger partial charge in [-0.3, -0.25) is 9.69 Å². The van der Waals surface area contributed by atoms with Crippen LogP contribution < -0.4 is 10.1 Å². The van der Waals surface area contributed by atoms with Crippen LogP contribution >= 0.6 is 0 Å². The van der Waals surface area contributed by atoms with E-state index in [-0.39, 0.29) is 30.8 Å². The van der Waals surface area contributed by atoms with Crippen molar-refractivity contribution in [2.24, 2.45) is 0 Å². The molecule has 0 radical (unpaired) electrons. The van der Waals surface area contributed by atoms with E-state index in [1.807, 2.05) is 54.6 Å². The Morgan fingerprint density at radius 3 is 2.49 bits per heavy atom. The van der Waals surface area contributed by atoms with Gasteiger partial charge in [0, 0.05) is 13.1 Å². The zero-order chi connectivity index (χ0) is 24.4. The van der Waals surface area contributed by atoms with E-state index in [0.717, 1.165) is 11.1 Å². The molecule has 3 aromatic carbocycles. The zero-order valence-corrected chi connectivity index (χ0v) is 19.0. The van der Waals surface area contributed by atoms with Gasteiger partial charge in [0.25, 0.3) is 5.91 Å². The summed E-state index contributed by atoms with van der Waals surface area (Å²) in [5, 5.41) is 2.98. The molecule has 0 unspecified atom stereocenters. The first kappa shape index (κ1) is 22.4. The van der Waals surface area contributed by atoms with E-state index in [9.17, 15) is 14.0 Å². The highest BCUT2D eigenvalue weighted by molar-refractivity contribution is 6.01. The van der Waals surface area contributed by atoms with Crippen molar-refractivity contribution in [3.63, 3.8) is 0 Å². The van der Waals surface area contributed by atoms with Crippen LogP contribution in [0.2, 0.25) is 0 Å². The fourth-order valence-corrected chi connectivity index (χ4v) is 4.44. The van der Waals surface area contributed by atoms with Gasteiger partial charge in [0.15, 0.2) is 0 Å². The highest BCUT2D eigenvalue weighted by Gasteiger charge is 2.43. The Kier molecular flexibility index (Phi) is 6.06. The molecule has 1 N–H and O–H groups in total. The SMILES string of the molecule is C=CCN1C(=O)N[C@@H](c2cccc(Oc3ccccc3)c2)C2=C1CN(Cc1ccc(F)cc1)C2=O. The van der Waals surface area contributed by atoms with Crippen molar-refractivity contribution in [1.29, 1.82) is 0 Å². The molecule has 3 aromatic rings. The average Bonchev–Trinajstić information content (AvgIpc) is 3.18. The summed E-state index contributed by atoms with van der Waals surface area (Å²) >= 11 is 0. The maximum absolute atomic E-state index is 13.6. The lowest BCUT2D eigenvalue weighted by atomic mass is 9.95. The minimum absolute atomic E-state index is 0.169. The second-order valence-corrected chi connectivity index (χ2v) is 8.42. The second kappa shape index (κ2) is 9.46. The molecule has 5 rings (SSSR count). The van der Waals surface area contributed by atoms with E-state index in [1.165, 1.54) is 12.1 Å². The molecular formula is C28H24FN3O3. The van der Waals surface area contributed by atoms with E-state index in [2.05, 4.69) is 11.9 Å². The first-order chi connectivity index (χ1) is 17.0. The summed E-state index contributed by atoms with van der Waals surface area (Å²) in [5.74, 6) is 0.797. The fraction of sp³-hybridized carbons (Fsp3) is 0.143. The van der Waals surface area contributed by atoms with Crippen LogP contribution in [0.25, 0.3) is 0 Å². The number of urea groups is 1. The number of hydrogen-bond donors (Lipinski definition) is 1. The highest BCUT2D eigenvalue weighted by Crippen LogP contribution is 2.38. The smallest absolute Gasteiger partial charge is 0.322 e. The average molecular weight is 470 g/mol. The van der Waals surface area contributed by atoms with Crippen LogP contribution in [-0.2, 0) is 11.3 Å². The molecule has 0 saturated heterocycles. The van der Waals surface area contributed by atoms with E-state index in [0.29, 0.717) is 29.3 Å². The molecule has 3 amide bonds. The Labute approximate surface area is 202 Å². The summed E-state index contributed by atoms with van der Waals surface area (Å²) in [5.41, 5.74) is 2.73. The fourth-order valence-electron chi connectivity index (χ4n) is 4.44. The van der Waals surface area contributed by atoms with Gasteiger partial charge in [0.1, 0.15) is 17.3 Å². The summed E-state index contributed by atoms with van der Waals surface area (Å²) in [6.07, 6.45) is 1.63. The van der Waals surface area contributed by atoms with Crippen molar-refractivity contribution in [3.05, 3.63) is 120 Å². The van der Waals surface area contributed by atoms with Gasteiger partial charge in [-0.2, -0.15) is 0 Å². The van der Waals surface area contributed by atoms with Crippen molar-refractivity contribution < 1.29 is 18.7 Å². The maximum atomic E-state index is 13.6. The topological polar surface area (TPSA) is 61.9 Å². The number of amides is 3.